The second-order valence-electron chi connectivity index (χ2n) is 8.13. The fourth-order valence-electron chi connectivity index (χ4n) is 3.87. The van der Waals surface area contributed by atoms with Gasteiger partial charge in [-0.3, -0.25) is 0 Å². The molecule has 0 N–H and O–H groups in total. The first-order chi connectivity index (χ1) is 13.3. The maximum atomic E-state index is 10.9. The molecular weight excluding hydrogens is 328 g/mol. The van der Waals surface area contributed by atoms with Crippen molar-refractivity contribution < 1.29 is 4.79 Å². The highest BCUT2D eigenvalue weighted by atomic mass is 16.1. The van der Waals surface area contributed by atoms with Crippen LogP contribution < -0.4 is 0 Å². The second-order valence-corrected chi connectivity index (χ2v) is 8.13. The summed E-state index contributed by atoms with van der Waals surface area (Å²) in [5, 5.41) is 2.71. The van der Waals surface area contributed by atoms with Crippen LogP contribution in [0.5, 0.6) is 0 Å². The molecular formula is C26H38O. The van der Waals surface area contributed by atoms with Crippen LogP contribution in [0.25, 0.3) is 10.8 Å². The predicted octanol–water partition coefficient (Wildman–Crippen LogP) is 8.04. The molecule has 0 aliphatic carbocycles. The SMILES string of the molecule is CC(=O)CCCCCCCCCCCCCCc1ccc2ccccc2c1. The lowest BCUT2D eigenvalue weighted by Crippen LogP contribution is -1.89. The van der Waals surface area contributed by atoms with Gasteiger partial charge in [-0.25, -0.2) is 0 Å². The lowest BCUT2D eigenvalue weighted by molar-refractivity contribution is -0.117. The number of rotatable bonds is 15. The summed E-state index contributed by atoms with van der Waals surface area (Å²) in [6.07, 6.45) is 18.0. The van der Waals surface area contributed by atoms with Crippen LogP contribution in [0.15, 0.2) is 42.5 Å². The van der Waals surface area contributed by atoms with Crippen molar-refractivity contribution >= 4 is 16.6 Å². The third-order valence-electron chi connectivity index (χ3n) is 5.56. The zero-order valence-corrected chi connectivity index (χ0v) is 17.3. The number of ketones is 1. The fraction of sp³-hybridized carbons (Fsp3) is 0.577. The average molecular weight is 367 g/mol. The average Bonchev–Trinajstić information content (AvgIpc) is 2.68. The maximum Gasteiger partial charge on any atom is 0.129 e. The Morgan fingerprint density at radius 2 is 1.15 bits per heavy atom. The van der Waals surface area contributed by atoms with Gasteiger partial charge in [0.25, 0.3) is 0 Å². The monoisotopic (exact) mass is 366 g/mol. The van der Waals surface area contributed by atoms with Crippen LogP contribution in [0, 0.1) is 0 Å². The van der Waals surface area contributed by atoms with Gasteiger partial charge in [-0.1, -0.05) is 107 Å². The van der Waals surface area contributed by atoms with Crippen LogP contribution in [-0.4, -0.2) is 5.78 Å². The molecule has 27 heavy (non-hydrogen) atoms. The maximum absolute atomic E-state index is 10.9. The molecule has 0 aliphatic rings. The molecule has 0 spiro atoms. The Morgan fingerprint density at radius 3 is 1.74 bits per heavy atom. The first-order valence-electron chi connectivity index (χ1n) is 11.2. The van der Waals surface area contributed by atoms with E-state index in [1.165, 1.54) is 93.4 Å². The van der Waals surface area contributed by atoms with E-state index in [4.69, 9.17) is 0 Å². The number of fused-ring (bicyclic) bond motifs is 1. The van der Waals surface area contributed by atoms with Crippen LogP contribution in [-0.2, 0) is 11.2 Å². The lowest BCUT2D eigenvalue weighted by atomic mass is 10.0. The Bertz CT molecular complexity index is 658. The van der Waals surface area contributed by atoms with Gasteiger partial charge in [0.1, 0.15) is 5.78 Å². The quantitative estimate of drug-likeness (QED) is 0.291. The molecule has 1 heteroatoms. The van der Waals surface area contributed by atoms with Gasteiger partial charge >= 0.3 is 0 Å². The standard InChI is InChI=1S/C26H38O/c1-23(27)16-12-10-8-6-4-2-3-5-7-9-11-13-17-24-20-21-25-18-14-15-19-26(25)22-24/h14-15,18-22H,2-13,16-17H2,1H3. The number of benzene rings is 2. The van der Waals surface area contributed by atoms with Crippen LogP contribution in [0.1, 0.15) is 96.0 Å². The molecule has 0 bridgehead atoms. The van der Waals surface area contributed by atoms with Crippen LogP contribution >= 0.6 is 0 Å². The van der Waals surface area contributed by atoms with E-state index in [2.05, 4.69) is 42.5 Å². The van der Waals surface area contributed by atoms with Crippen molar-refractivity contribution in [3.05, 3.63) is 48.0 Å². The number of hydrogen-bond acceptors (Lipinski definition) is 1. The number of Topliss-reactive ketones (excluding diaryl/α,β-unsaturated/α-hetero) is 1. The third kappa shape index (κ3) is 9.75. The van der Waals surface area contributed by atoms with Gasteiger partial charge in [0.2, 0.25) is 0 Å². The van der Waals surface area contributed by atoms with E-state index in [1.807, 2.05) is 0 Å². The van der Waals surface area contributed by atoms with Crippen molar-refractivity contribution in [3.63, 3.8) is 0 Å². The van der Waals surface area contributed by atoms with Crippen molar-refractivity contribution in [1.29, 1.82) is 0 Å². The molecule has 0 aliphatic heterocycles. The summed E-state index contributed by atoms with van der Waals surface area (Å²) in [5.41, 5.74) is 1.48. The normalized spacial score (nSPS) is 11.1. The minimum atomic E-state index is 0.340. The molecule has 1 nitrogen and oxygen atoms in total. The molecule has 0 saturated carbocycles. The lowest BCUT2D eigenvalue weighted by Gasteiger charge is -2.05. The smallest absolute Gasteiger partial charge is 0.129 e. The number of unbranched alkanes of at least 4 members (excludes halogenated alkanes) is 11. The predicted molar refractivity (Wildman–Crippen MR) is 118 cm³/mol. The summed E-state index contributed by atoms with van der Waals surface area (Å²) in [6.45, 7) is 1.70. The first-order valence-corrected chi connectivity index (χ1v) is 11.2. The van der Waals surface area contributed by atoms with Gasteiger partial charge in [-0.05, 0) is 42.5 Å². The van der Waals surface area contributed by atoms with E-state index in [1.54, 1.807) is 6.92 Å². The van der Waals surface area contributed by atoms with Gasteiger partial charge in [-0.2, -0.15) is 0 Å². The summed E-state index contributed by atoms with van der Waals surface area (Å²) >= 11 is 0. The zero-order chi connectivity index (χ0) is 19.2. The summed E-state index contributed by atoms with van der Waals surface area (Å²) < 4.78 is 0. The molecule has 2 aromatic rings. The van der Waals surface area contributed by atoms with Crippen molar-refractivity contribution in [2.45, 2.75) is 96.8 Å². The van der Waals surface area contributed by atoms with E-state index < -0.39 is 0 Å². The van der Waals surface area contributed by atoms with E-state index >= 15 is 0 Å². The highest BCUT2D eigenvalue weighted by Gasteiger charge is 1.98. The van der Waals surface area contributed by atoms with Gasteiger partial charge in [0, 0.05) is 6.42 Å². The van der Waals surface area contributed by atoms with Crippen LogP contribution in [0.3, 0.4) is 0 Å². The molecule has 0 atom stereocenters. The molecule has 0 aromatic heterocycles. The second kappa shape index (κ2) is 13.5. The van der Waals surface area contributed by atoms with E-state index in [9.17, 15) is 4.79 Å². The minimum absolute atomic E-state index is 0.340. The van der Waals surface area contributed by atoms with Crippen LogP contribution in [0.2, 0.25) is 0 Å². The van der Waals surface area contributed by atoms with E-state index in [0.29, 0.717) is 5.78 Å². The molecule has 0 saturated heterocycles. The summed E-state index contributed by atoms with van der Waals surface area (Å²) in [6, 6.07) is 15.5. The largest absolute Gasteiger partial charge is 0.300 e. The number of carbonyl (C=O) groups is 1. The molecule has 0 heterocycles. The minimum Gasteiger partial charge on any atom is -0.300 e. The number of carbonyl (C=O) groups excluding carboxylic acids is 1. The van der Waals surface area contributed by atoms with E-state index in [0.717, 1.165) is 12.8 Å². The molecule has 148 valence electrons. The third-order valence-corrected chi connectivity index (χ3v) is 5.56. The molecule has 0 unspecified atom stereocenters. The Labute approximate surface area is 166 Å². The summed E-state index contributed by atoms with van der Waals surface area (Å²) in [4.78, 5) is 10.9. The topological polar surface area (TPSA) is 17.1 Å². The van der Waals surface area contributed by atoms with Crippen molar-refractivity contribution in [1.82, 2.24) is 0 Å². The van der Waals surface area contributed by atoms with Crippen molar-refractivity contribution in [2.24, 2.45) is 0 Å². The highest BCUT2D eigenvalue weighted by molar-refractivity contribution is 5.82. The number of hydrogen-bond donors (Lipinski definition) is 0. The molecule has 0 fully saturated rings. The zero-order valence-electron chi connectivity index (χ0n) is 17.3. The Morgan fingerprint density at radius 1 is 0.630 bits per heavy atom. The highest BCUT2D eigenvalue weighted by Crippen LogP contribution is 2.18. The first kappa shape index (κ1) is 21.7. The molecule has 0 radical (unpaired) electrons. The van der Waals surface area contributed by atoms with Gasteiger partial charge in [-0.15, -0.1) is 0 Å². The Hall–Kier alpha value is -1.63. The Balaban J connectivity index is 1.39. The number of aryl methyl sites for hydroxylation is 1. The fourth-order valence-corrected chi connectivity index (χ4v) is 3.87. The molecule has 2 rings (SSSR count). The van der Waals surface area contributed by atoms with E-state index in [-0.39, 0.29) is 0 Å². The van der Waals surface area contributed by atoms with Crippen molar-refractivity contribution in [3.8, 4) is 0 Å². The van der Waals surface area contributed by atoms with Gasteiger partial charge in [0.05, 0.1) is 0 Å². The molecule has 0 amide bonds. The van der Waals surface area contributed by atoms with Gasteiger partial charge in [0.15, 0.2) is 0 Å². The van der Waals surface area contributed by atoms with Crippen LogP contribution in [0.4, 0.5) is 0 Å². The van der Waals surface area contributed by atoms with Crippen molar-refractivity contribution in [2.75, 3.05) is 0 Å². The molecule has 2 aromatic carbocycles. The summed E-state index contributed by atoms with van der Waals surface area (Å²) in [7, 11) is 0. The van der Waals surface area contributed by atoms with Gasteiger partial charge < -0.3 is 4.79 Å². The summed E-state index contributed by atoms with van der Waals surface area (Å²) in [5.74, 6) is 0.340. The Kier molecular flexibility index (Phi) is 10.9.